The van der Waals surface area contributed by atoms with Gasteiger partial charge in [-0.3, -0.25) is 0 Å². The van der Waals surface area contributed by atoms with Gasteiger partial charge < -0.3 is 14.9 Å². The van der Waals surface area contributed by atoms with Crippen LogP contribution in [0.15, 0.2) is 22.8 Å². The molecular formula is C11H17NO2. The Bertz CT molecular complexity index is 252. The second-order valence-electron chi connectivity index (χ2n) is 3.91. The lowest BCUT2D eigenvalue weighted by molar-refractivity contribution is 0.179. The van der Waals surface area contributed by atoms with Gasteiger partial charge >= 0.3 is 0 Å². The van der Waals surface area contributed by atoms with Gasteiger partial charge in [-0.25, -0.2) is 0 Å². The average Bonchev–Trinajstić information content (AvgIpc) is 2.87. The van der Waals surface area contributed by atoms with E-state index in [4.69, 9.17) is 14.9 Å². The third kappa shape index (κ3) is 2.36. The lowest BCUT2D eigenvalue weighted by Crippen LogP contribution is -2.30. The van der Waals surface area contributed by atoms with Gasteiger partial charge in [-0.05, 0) is 30.9 Å². The average molecular weight is 195 g/mol. The topological polar surface area (TPSA) is 48.4 Å². The Hall–Kier alpha value is -0.800. The zero-order valence-corrected chi connectivity index (χ0v) is 8.32. The highest BCUT2D eigenvalue weighted by molar-refractivity contribution is 4.98. The lowest BCUT2D eigenvalue weighted by atomic mass is 9.95. The maximum absolute atomic E-state index is 6.07. The first kappa shape index (κ1) is 9.74. The highest BCUT2D eigenvalue weighted by Gasteiger charge is 2.22. The number of ether oxygens (including phenoxy) is 1. The highest BCUT2D eigenvalue weighted by atomic mass is 16.5. The standard InChI is InChI=1S/C11H17NO2/c12-11(9-5-7-13-8-9)4-3-10-2-1-6-14-10/h1-2,6,9,11H,3-5,7-8,12H2. The number of aryl methyl sites for hydroxylation is 1. The van der Waals surface area contributed by atoms with Crippen LogP contribution in [0.4, 0.5) is 0 Å². The number of hydrogen-bond donors (Lipinski definition) is 1. The van der Waals surface area contributed by atoms with Gasteiger partial charge in [0, 0.05) is 19.1 Å². The molecule has 3 nitrogen and oxygen atoms in total. The van der Waals surface area contributed by atoms with Crippen LogP contribution in [-0.2, 0) is 11.2 Å². The third-order valence-electron chi connectivity index (χ3n) is 2.87. The molecule has 1 saturated heterocycles. The van der Waals surface area contributed by atoms with E-state index in [9.17, 15) is 0 Å². The number of furan rings is 1. The number of hydrogen-bond acceptors (Lipinski definition) is 3. The first-order chi connectivity index (χ1) is 6.86. The summed E-state index contributed by atoms with van der Waals surface area (Å²) in [7, 11) is 0. The van der Waals surface area contributed by atoms with Crippen molar-refractivity contribution in [2.75, 3.05) is 13.2 Å². The van der Waals surface area contributed by atoms with Crippen molar-refractivity contribution >= 4 is 0 Å². The Morgan fingerprint density at radius 3 is 3.14 bits per heavy atom. The van der Waals surface area contributed by atoms with Gasteiger partial charge in [0.1, 0.15) is 5.76 Å². The van der Waals surface area contributed by atoms with Crippen LogP contribution < -0.4 is 5.73 Å². The van der Waals surface area contributed by atoms with Gasteiger partial charge in [0.25, 0.3) is 0 Å². The molecule has 1 aliphatic heterocycles. The quantitative estimate of drug-likeness (QED) is 0.793. The minimum Gasteiger partial charge on any atom is -0.469 e. The molecule has 0 aromatic carbocycles. The zero-order valence-electron chi connectivity index (χ0n) is 8.32. The van der Waals surface area contributed by atoms with E-state index in [0.29, 0.717) is 5.92 Å². The summed E-state index contributed by atoms with van der Waals surface area (Å²) in [6.07, 6.45) is 4.74. The SMILES string of the molecule is NC(CCc1ccco1)C1CCOC1. The smallest absolute Gasteiger partial charge is 0.103 e. The largest absolute Gasteiger partial charge is 0.469 e. The monoisotopic (exact) mass is 195 g/mol. The summed E-state index contributed by atoms with van der Waals surface area (Å²) < 4.78 is 10.6. The highest BCUT2D eigenvalue weighted by Crippen LogP contribution is 2.18. The van der Waals surface area contributed by atoms with Crippen molar-refractivity contribution in [3.05, 3.63) is 24.2 Å². The summed E-state index contributed by atoms with van der Waals surface area (Å²) in [6, 6.07) is 4.17. The minimum absolute atomic E-state index is 0.252. The van der Waals surface area contributed by atoms with Crippen LogP contribution in [0, 0.1) is 5.92 Å². The fraction of sp³-hybridized carbons (Fsp3) is 0.636. The Morgan fingerprint density at radius 2 is 2.50 bits per heavy atom. The van der Waals surface area contributed by atoms with E-state index in [0.717, 1.165) is 38.2 Å². The molecule has 1 aliphatic rings. The van der Waals surface area contributed by atoms with Crippen LogP contribution in [0.25, 0.3) is 0 Å². The van der Waals surface area contributed by atoms with E-state index < -0.39 is 0 Å². The van der Waals surface area contributed by atoms with Crippen molar-refractivity contribution in [3.8, 4) is 0 Å². The fourth-order valence-electron chi connectivity index (χ4n) is 1.89. The van der Waals surface area contributed by atoms with E-state index in [1.165, 1.54) is 0 Å². The summed E-state index contributed by atoms with van der Waals surface area (Å²) in [4.78, 5) is 0. The van der Waals surface area contributed by atoms with Crippen LogP contribution in [0.1, 0.15) is 18.6 Å². The predicted molar refractivity (Wildman–Crippen MR) is 53.9 cm³/mol. The van der Waals surface area contributed by atoms with Gasteiger partial charge in [0.2, 0.25) is 0 Å². The molecule has 0 amide bonds. The summed E-state index contributed by atoms with van der Waals surface area (Å²) >= 11 is 0. The Kier molecular flexibility index (Phi) is 3.22. The minimum atomic E-state index is 0.252. The molecule has 3 heteroatoms. The number of rotatable bonds is 4. The number of nitrogens with two attached hydrogens (primary N) is 1. The molecule has 0 radical (unpaired) electrons. The normalized spacial score (nSPS) is 23.9. The van der Waals surface area contributed by atoms with E-state index in [1.54, 1.807) is 6.26 Å². The molecule has 2 rings (SSSR count). The molecule has 0 aliphatic carbocycles. The van der Waals surface area contributed by atoms with Crippen molar-refractivity contribution in [2.24, 2.45) is 11.7 Å². The maximum Gasteiger partial charge on any atom is 0.103 e. The Morgan fingerprint density at radius 1 is 1.57 bits per heavy atom. The van der Waals surface area contributed by atoms with Crippen LogP contribution >= 0.6 is 0 Å². The van der Waals surface area contributed by atoms with E-state index in [1.807, 2.05) is 12.1 Å². The molecule has 1 aromatic rings. The molecule has 1 fully saturated rings. The summed E-state index contributed by atoms with van der Waals surface area (Å²) in [5, 5.41) is 0. The second-order valence-corrected chi connectivity index (χ2v) is 3.91. The van der Waals surface area contributed by atoms with Gasteiger partial charge in [-0.15, -0.1) is 0 Å². The first-order valence-electron chi connectivity index (χ1n) is 5.22. The van der Waals surface area contributed by atoms with Crippen LogP contribution in [0.3, 0.4) is 0 Å². The molecule has 0 bridgehead atoms. The fourth-order valence-corrected chi connectivity index (χ4v) is 1.89. The molecule has 1 aromatic heterocycles. The third-order valence-corrected chi connectivity index (χ3v) is 2.87. The Balaban J connectivity index is 1.74. The van der Waals surface area contributed by atoms with Crippen molar-refractivity contribution in [1.29, 1.82) is 0 Å². The van der Waals surface area contributed by atoms with E-state index in [-0.39, 0.29) is 6.04 Å². The maximum atomic E-state index is 6.07. The molecule has 14 heavy (non-hydrogen) atoms. The molecule has 2 unspecified atom stereocenters. The van der Waals surface area contributed by atoms with Crippen molar-refractivity contribution in [3.63, 3.8) is 0 Å². The van der Waals surface area contributed by atoms with Gasteiger partial charge in [0.15, 0.2) is 0 Å². The van der Waals surface area contributed by atoms with Crippen molar-refractivity contribution < 1.29 is 9.15 Å². The summed E-state index contributed by atoms with van der Waals surface area (Å²) in [6.45, 7) is 1.71. The van der Waals surface area contributed by atoms with Gasteiger partial charge in [0.05, 0.1) is 12.9 Å². The molecule has 2 atom stereocenters. The summed E-state index contributed by atoms with van der Waals surface area (Å²) in [5.41, 5.74) is 6.07. The van der Waals surface area contributed by atoms with Crippen LogP contribution in [-0.4, -0.2) is 19.3 Å². The van der Waals surface area contributed by atoms with Gasteiger partial charge in [-0.1, -0.05) is 0 Å². The summed E-state index contributed by atoms with van der Waals surface area (Å²) in [5.74, 6) is 1.57. The van der Waals surface area contributed by atoms with E-state index >= 15 is 0 Å². The molecule has 2 heterocycles. The molecule has 0 saturated carbocycles. The lowest BCUT2D eigenvalue weighted by Gasteiger charge is -2.16. The second kappa shape index (κ2) is 4.62. The zero-order chi connectivity index (χ0) is 9.80. The molecule has 0 spiro atoms. The Labute approximate surface area is 84.2 Å². The van der Waals surface area contributed by atoms with Crippen LogP contribution in [0.2, 0.25) is 0 Å². The van der Waals surface area contributed by atoms with Crippen LogP contribution in [0.5, 0.6) is 0 Å². The molecule has 78 valence electrons. The molecular weight excluding hydrogens is 178 g/mol. The molecule has 2 N–H and O–H groups in total. The predicted octanol–water partition coefficient (Wildman–Crippen LogP) is 1.58. The van der Waals surface area contributed by atoms with E-state index in [2.05, 4.69) is 0 Å². The van der Waals surface area contributed by atoms with Crippen molar-refractivity contribution in [1.82, 2.24) is 0 Å². The first-order valence-corrected chi connectivity index (χ1v) is 5.22. The van der Waals surface area contributed by atoms with Crippen molar-refractivity contribution in [2.45, 2.75) is 25.3 Å². The van der Waals surface area contributed by atoms with Gasteiger partial charge in [-0.2, -0.15) is 0 Å².